The Labute approximate surface area is 159 Å². The molecule has 0 aromatic heterocycles. The second kappa shape index (κ2) is 7.80. The molecule has 0 saturated carbocycles. The third-order valence-electron chi connectivity index (χ3n) is 6.05. The number of likely N-dealkylation sites (N-methyl/N-ethyl adjacent to an activating group) is 1. The van der Waals surface area contributed by atoms with Crippen LogP contribution in [0.15, 0.2) is 60.7 Å². The predicted octanol–water partition coefficient (Wildman–Crippen LogP) is 2.27. The Kier molecular flexibility index (Phi) is 5.65. The lowest BCUT2D eigenvalue weighted by molar-refractivity contribution is -0.173. The van der Waals surface area contributed by atoms with Crippen molar-refractivity contribution >= 4 is 5.97 Å². The third kappa shape index (κ3) is 3.38. The molecule has 2 bridgehead atoms. The zero-order chi connectivity index (χ0) is 18.1. The van der Waals surface area contributed by atoms with E-state index in [1.54, 1.807) is 24.3 Å². The molecular weight excluding hydrogens is 342 g/mol. The van der Waals surface area contributed by atoms with Gasteiger partial charge in [-0.3, -0.25) is 4.90 Å². The lowest BCUT2D eigenvalue weighted by Crippen LogP contribution is -2.49. The van der Waals surface area contributed by atoms with Crippen molar-refractivity contribution in [1.82, 2.24) is 4.90 Å². The van der Waals surface area contributed by atoms with Crippen LogP contribution in [0.3, 0.4) is 0 Å². The maximum Gasteiger partial charge on any atom is 0.348 e. The van der Waals surface area contributed by atoms with Gasteiger partial charge in [0.2, 0.25) is 5.60 Å². The van der Waals surface area contributed by atoms with Gasteiger partial charge in [-0.1, -0.05) is 60.7 Å². The van der Waals surface area contributed by atoms with E-state index in [1.165, 1.54) is 0 Å². The summed E-state index contributed by atoms with van der Waals surface area (Å²) >= 11 is 0. The minimum atomic E-state index is -1.80. The summed E-state index contributed by atoms with van der Waals surface area (Å²) in [5, 5.41) is 11.5. The van der Waals surface area contributed by atoms with Gasteiger partial charge < -0.3 is 15.3 Å². The monoisotopic (exact) mass is 369 g/mol. The number of benzene rings is 2. The summed E-state index contributed by atoms with van der Waals surface area (Å²) in [5.41, 5.74) is -0.731. The Hall–Kier alpha value is -2.21. The molecule has 5 heteroatoms. The predicted molar refractivity (Wildman–Crippen MR) is 103 cm³/mol. The second-order valence-corrected chi connectivity index (χ2v) is 7.43. The largest absolute Gasteiger partial charge is 0.458 e. The van der Waals surface area contributed by atoms with Gasteiger partial charge in [-0.05, 0) is 43.9 Å². The van der Waals surface area contributed by atoms with Gasteiger partial charge in [0, 0.05) is 12.1 Å². The molecule has 3 atom stereocenters. The van der Waals surface area contributed by atoms with Crippen LogP contribution < -0.4 is 0 Å². The van der Waals surface area contributed by atoms with Crippen LogP contribution in [0, 0.1) is 0 Å². The Morgan fingerprint density at radius 1 is 0.963 bits per heavy atom. The number of esters is 1. The summed E-state index contributed by atoms with van der Waals surface area (Å²) in [6.07, 6.45) is 3.96. The lowest BCUT2D eigenvalue weighted by atomic mass is 9.86. The average Bonchev–Trinajstić information content (AvgIpc) is 2.92. The minimum absolute atomic E-state index is 0. The highest BCUT2D eigenvalue weighted by atomic mass is 16.6. The summed E-state index contributed by atoms with van der Waals surface area (Å²) in [6.45, 7) is 0. The van der Waals surface area contributed by atoms with E-state index in [0.717, 1.165) is 25.7 Å². The zero-order valence-corrected chi connectivity index (χ0v) is 15.5. The molecule has 2 heterocycles. The number of fused-ring (bicyclic) bond motifs is 2. The molecule has 144 valence electrons. The van der Waals surface area contributed by atoms with Crippen LogP contribution >= 0.6 is 0 Å². The van der Waals surface area contributed by atoms with E-state index in [4.69, 9.17) is 4.74 Å². The van der Waals surface area contributed by atoms with Crippen LogP contribution in [-0.2, 0) is 15.1 Å². The number of rotatable bonds is 4. The van der Waals surface area contributed by atoms with Crippen molar-refractivity contribution < 1.29 is 20.1 Å². The molecule has 2 fully saturated rings. The molecule has 2 aromatic carbocycles. The number of piperidine rings is 1. The molecule has 2 aliphatic heterocycles. The molecule has 0 aliphatic carbocycles. The standard InChI is InChI=1S/C22H25NO3.H2O/c1-23-18-12-14-19(23)20(15-13-18)26-21(24)22(25,16-8-4-2-5-9-16)17-10-6-3-7-11-17;/h2-11,18-20,25H,12-15H2,1H3;1H2/t18?,19?,20-;/m0./s1. The Morgan fingerprint density at radius 2 is 1.48 bits per heavy atom. The first-order chi connectivity index (χ1) is 12.6. The van der Waals surface area contributed by atoms with Crippen LogP contribution in [-0.4, -0.2) is 46.7 Å². The summed E-state index contributed by atoms with van der Waals surface area (Å²) < 4.78 is 5.94. The van der Waals surface area contributed by atoms with E-state index in [-0.39, 0.29) is 17.6 Å². The van der Waals surface area contributed by atoms with Crippen molar-refractivity contribution in [3.05, 3.63) is 71.8 Å². The van der Waals surface area contributed by atoms with Crippen molar-refractivity contribution in [3.63, 3.8) is 0 Å². The number of nitrogens with zero attached hydrogens (tertiary/aromatic N) is 1. The fourth-order valence-corrected chi connectivity index (χ4v) is 4.51. The maximum absolute atomic E-state index is 13.2. The summed E-state index contributed by atoms with van der Waals surface area (Å²) in [7, 11) is 2.11. The molecule has 5 nitrogen and oxygen atoms in total. The van der Waals surface area contributed by atoms with Gasteiger partial charge in [-0.2, -0.15) is 0 Å². The first-order valence-corrected chi connectivity index (χ1v) is 9.37. The Balaban J connectivity index is 0.00000210. The molecule has 0 spiro atoms. The van der Waals surface area contributed by atoms with Gasteiger partial charge in [0.05, 0.1) is 0 Å². The molecule has 27 heavy (non-hydrogen) atoms. The molecule has 2 aromatic rings. The highest BCUT2D eigenvalue weighted by molar-refractivity contribution is 5.85. The van der Waals surface area contributed by atoms with Gasteiger partial charge in [0.1, 0.15) is 6.10 Å². The van der Waals surface area contributed by atoms with Crippen molar-refractivity contribution in [2.24, 2.45) is 0 Å². The molecule has 2 saturated heterocycles. The summed E-state index contributed by atoms with van der Waals surface area (Å²) in [4.78, 5) is 15.6. The van der Waals surface area contributed by atoms with Crippen LogP contribution in [0.25, 0.3) is 0 Å². The van der Waals surface area contributed by atoms with E-state index in [1.807, 2.05) is 36.4 Å². The highest BCUT2D eigenvalue weighted by Crippen LogP contribution is 2.38. The lowest BCUT2D eigenvalue weighted by Gasteiger charge is -2.38. The molecule has 2 aliphatic rings. The summed E-state index contributed by atoms with van der Waals surface area (Å²) in [6, 6.07) is 19.0. The first kappa shape index (κ1) is 19.5. The second-order valence-electron chi connectivity index (χ2n) is 7.43. The fraction of sp³-hybridized carbons (Fsp3) is 0.409. The van der Waals surface area contributed by atoms with Crippen molar-refractivity contribution in [2.45, 2.75) is 49.5 Å². The number of hydrogen-bond acceptors (Lipinski definition) is 4. The van der Waals surface area contributed by atoms with Crippen LogP contribution in [0.1, 0.15) is 36.8 Å². The molecule has 0 radical (unpaired) electrons. The van der Waals surface area contributed by atoms with Crippen molar-refractivity contribution in [1.29, 1.82) is 0 Å². The van der Waals surface area contributed by atoms with E-state index in [9.17, 15) is 9.90 Å². The van der Waals surface area contributed by atoms with E-state index in [2.05, 4.69) is 11.9 Å². The maximum atomic E-state index is 13.2. The van der Waals surface area contributed by atoms with Gasteiger partial charge in [-0.15, -0.1) is 0 Å². The smallest absolute Gasteiger partial charge is 0.348 e. The van der Waals surface area contributed by atoms with Gasteiger partial charge in [-0.25, -0.2) is 4.79 Å². The van der Waals surface area contributed by atoms with E-state index >= 15 is 0 Å². The molecule has 0 amide bonds. The highest BCUT2D eigenvalue weighted by Gasteiger charge is 2.47. The molecular formula is C22H27NO4. The third-order valence-corrected chi connectivity index (χ3v) is 6.05. The van der Waals surface area contributed by atoms with Crippen LogP contribution in [0.2, 0.25) is 0 Å². The molecule has 4 rings (SSSR count). The normalized spacial score (nSPS) is 24.9. The number of aliphatic hydroxyl groups is 1. The van der Waals surface area contributed by atoms with Crippen LogP contribution in [0.4, 0.5) is 0 Å². The van der Waals surface area contributed by atoms with Crippen molar-refractivity contribution in [3.8, 4) is 0 Å². The SMILES string of the molecule is CN1C2CCC1[C@@H](OC(=O)C(O)(c1ccccc1)c1ccccc1)CC2.O. The fourth-order valence-electron chi connectivity index (χ4n) is 4.51. The minimum Gasteiger partial charge on any atom is -0.458 e. The van der Waals surface area contributed by atoms with Gasteiger partial charge >= 0.3 is 5.97 Å². The Morgan fingerprint density at radius 3 is 2.04 bits per heavy atom. The first-order valence-electron chi connectivity index (χ1n) is 9.37. The average molecular weight is 369 g/mol. The number of ether oxygens (including phenoxy) is 1. The van der Waals surface area contributed by atoms with E-state index < -0.39 is 11.6 Å². The number of hydrogen-bond donors (Lipinski definition) is 1. The Bertz CT molecular complexity index is 725. The number of carbonyl (C=O) groups is 1. The van der Waals surface area contributed by atoms with Crippen LogP contribution in [0.5, 0.6) is 0 Å². The summed E-state index contributed by atoms with van der Waals surface area (Å²) in [5.74, 6) is -0.585. The van der Waals surface area contributed by atoms with Crippen molar-refractivity contribution in [2.75, 3.05) is 7.05 Å². The molecule has 3 N–H and O–H groups in total. The number of carbonyl (C=O) groups excluding carboxylic acids is 1. The van der Waals surface area contributed by atoms with E-state index in [0.29, 0.717) is 17.2 Å². The zero-order valence-electron chi connectivity index (χ0n) is 15.5. The van der Waals surface area contributed by atoms with Gasteiger partial charge in [0.25, 0.3) is 0 Å². The topological polar surface area (TPSA) is 81.3 Å². The molecule has 2 unspecified atom stereocenters. The quantitative estimate of drug-likeness (QED) is 0.838. The van der Waals surface area contributed by atoms with Gasteiger partial charge in [0.15, 0.2) is 0 Å².